The molecule has 0 amide bonds. The summed E-state index contributed by atoms with van der Waals surface area (Å²) in [7, 11) is -3.68. The molecule has 1 aliphatic rings. The minimum atomic E-state index is -3.68. The Morgan fingerprint density at radius 1 is 1.05 bits per heavy atom. The summed E-state index contributed by atoms with van der Waals surface area (Å²) in [4.78, 5) is 11.3. The van der Waals surface area contributed by atoms with E-state index in [-0.39, 0.29) is 24.0 Å². The van der Waals surface area contributed by atoms with Gasteiger partial charge in [-0.2, -0.15) is 4.31 Å². The first-order chi connectivity index (χ1) is 19.3. The van der Waals surface area contributed by atoms with Gasteiger partial charge >= 0.3 is 0 Å². The Morgan fingerprint density at radius 3 is 2.55 bits per heavy atom. The third kappa shape index (κ3) is 5.45. The molecule has 0 radical (unpaired) electrons. The average Bonchev–Trinajstić information content (AvgIpc) is 3.40. The van der Waals surface area contributed by atoms with Crippen molar-refractivity contribution in [2.75, 3.05) is 19.9 Å². The van der Waals surface area contributed by atoms with E-state index in [1.54, 1.807) is 38.1 Å². The van der Waals surface area contributed by atoms with Gasteiger partial charge in [0.15, 0.2) is 17.8 Å². The highest BCUT2D eigenvalue weighted by atomic mass is 32.2. The molecular formula is C27H27N5O6S2. The van der Waals surface area contributed by atoms with Gasteiger partial charge in [0.05, 0.1) is 16.4 Å². The monoisotopic (exact) mass is 581 g/mol. The van der Waals surface area contributed by atoms with Crippen molar-refractivity contribution in [1.29, 1.82) is 0 Å². The molecule has 0 bridgehead atoms. The zero-order valence-electron chi connectivity index (χ0n) is 21.9. The lowest BCUT2D eigenvalue weighted by atomic mass is 10.1. The Hall–Kier alpha value is -3.78. The first-order valence-corrected chi connectivity index (χ1v) is 15.0. The van der Waals surface area contributed by atoms with Crippen molar-refractivity contribution in [2.45, 2.75) is 36.3 Å². The fourth-order valence-corrected chi connectivity index (χ4v) is 6.93. The van der Waals surface area contributed by atoms with Crippen LogP contribution < -0.4 is 4.74 Å². The molecule has 208 valence electrons. The number of thioether (sulfide) groups is 1. The molecular weight excluding hydrogens is 554 g/mol. The van der Waals surface area contributed by atoms with E-state index in [1.165, 1.54) is 28.2 Å². The predicted octanol–water partition coefficient (Wildman–Crippen LogP) is 5.03. The SMILES string of the molecule is CCN(CC)S(=O)(=O)c1cccc(-c2nnc(SCc3cc([N+](=O)[O-])cc4c3OCOC4)n2-c2ccccc2)c1. The normalized spacial score (nSPS) is 13.2. The molecule has 13 heteroatoms. The summed E-state index contributed by atoms with van der Waals surface area (Å²) in [6, 6.07) is 19.1. The van der Waals surface area contributed by atoms with E-state index in [2.05, 4.69) is 10.2 Å². The van der Waals surface area contributed by atoms with E-state index in [9.17, 15) is 18.5 Å². The number of non-ortho nitro benzene ring substituents is 1. The Labute approximate surface area is 236 Å². The largest absolute Gasteiger partial charge is 0.467 e. The zero-order chi connectivity index (χ0) is 28.3. The summed E-state index contributed by atoms with van der Waals surface area (Å²) in [5.74, 6) is 1.37. The third-order valence-electron chi connectivity index (χ3n) is 6.42. The lowest BCUT2D eigenvalue weighted by molar-refractivity contribution is -0.385. The van der Waals surface area contributed by atoms with Crippen LogP contribution in [0.25, 0.3) is 17.1 Å². The maximum absolute atomic E-state index is 13.2. The van der Waals surface area contributed by atoms with Crippen LogP contribution in [0, 0.1) is 10.1 Å². The molecule has 1 aromatic heterocycles. The summed E-state index contributed by atoms with van der Waals surface area (Å²) < 4.78 is 40.7. The lowest BCUT2D eigenvalue weighted by Crippen LogP contribution is -2.30. The lowest BCUT2D eigenvalue weighted by Gasteiger charge is -2.20. The van der Waals surface area contributed by atoms with Crippen LogP contribution in [0.4, 0.5) is 5.69 Å². The van der Waals surface area contributed by atoms with Crippen LogP contribution in [0.2, 0.25) is 0 Å². The third-order valence-corrected chi connectivity index (χ3v) is 9.45. The van der Waals surface area contributed by atoms with Gasteiger partial charge in [-0.05, 0) is 24.3 Å². The van der Waals surface area contributed by atoms with Gasteiger partial charge in [0.2, 0.25) is 10.0 Å². The summed E-state index contributed by atoms with van der Waals surface area (Å²) in [5.41, 5.74) is 2.60. The number of aromatic nitrogens is 3. The molecule has 1 aliphatic heterocycles. The van der Waals surface area contributed by atoms with Gasteiger partial charge in [-0.1, -0.05) is 55.9 Å². The number of nitro groups is 1. The minimum Gasteiger partial charge on any atom is -0.467 e. The summed E-state index contributed by atoms with van der Waals surface area (Å²) in [6.07, 6.45) is 0. The smallest absolute Gasteiger partial charge is 0.270 e. The second-order valence-corrected chi connectivity index (χ2v) is 11.7. The highest BCUT2D eigenvalue weighted by Gasteiger charge is 2.25. The number of rotatable bonds is 10. The van der Waals surface area contributed by atoms with Gasteiger partial charge < -0.3 is 9.47 Å². The highest BCUT2D eigenvalue weighted by molar-refractivity contribution is 7.98. The van der Waals surface area contributed by atoms with Gasteiger partial charge in [0.1, 0.15) is 5.75 Å². The number of nitro benzene ring substituents is 1. The zero-order valence-corrected chi connectivity index (χ0v) is 23.5. The predicted molar refractivity (Wildman–Crippen MR) is 150 cm³/mol. The van der Waals surface area contributed by atoms with Gasteiger partial charge in [0.25, 0.3) is 5.69 Å². The van der Waals surface area contributed by atoms with Crippen LogP contribution >= 0.6 is 11.8 Å². The van der Waals surface area contributed by atoms with Gasteiger partial charge in [-0.15, -0.1) is 10.2 Å². The molecule has 0 spiro atoms. The van der Waals surface area contributed by atoms with Crippen LogP contribution in [-0.4, -0.2) is 52.3 Å². The first kappa shape index (κ1) is 27.8. The summed E-state index contributed by atoms with van der Waals surface area (Å²) >= 11 is 1.35. The van der Waals surface area contributed by atoms with Crippen molar-refractivity contribution in [3.05, 3.63) is 88.0 Å². The number of ether oxygens (including phenoxy) is 2. The molecule has 0 saturated heterocycles. The van der Waals surface area contributed by atoms with Crippen LogP contribution in [0.5, 0.6) is 5.75 Å². The molecule has 5 rings (SSSR count). The van der Waals surface area contributed by atoms with Gasteiger partial charge in [-0.25, -0.2) is 8.42 Å². The van der Waals surface area contributed by atoms with E-state index in [4.69, 9.17) is 9.47 Å². The van der Waals surface area contributed by atoms with E-state index >= 15 is 0 Å². The summed E-state index contributed by atoms with van der Waals surface area (Å²) in [6.45, 7) is 4.63. The second-order valence-electron chi connectivity index (χ2n) is 8.84. The molecule has 0 atom stereocenters. The van der Waals surface area contributed by atoms with Crippen molar-refractivity contribution >= 4 is 27.5 Å². The number of sulfonamides is 1. The van der Waals surface area contributed by atoms with Crippen LogP contribution in [0.1, 0.15) is 25.0 Å². The highest BCUT2D eigenvalue weighted by Crippen LogP contribution is 2.37. The number of fused-ring (bicyclic) bond motifs is 1. The van der Waals surface area contributed by atoms with Crippen LogP contribution in [0.15, 0.2) is 76.8 Å². The quantitative estimate of drug-likeness (QED) is 0.144. The van der Waals surface area contributed by atoms with Crippen molar-refractivity contribution in [1.82, 2.24) is 19.1 Å². The maximum atomic E-state index is 13.2. The maximum Gasteiger partial charge on any atom is 0.270 e. The average molecular weight is 582 g/mol. The Kier molecular flexibility index (Phi) is 8.17. The number of benzene rings is 3. The summed E-state index contributed by atoms with van der Waals surface area (Å²) in [5, 5.41) is 20.9. The molecule has 2 heterocycles. The molecule has 4 aromatic rings. The number of hydrogen-bond acceptors (Lipinski definition) is 9. The van der Waals surface area contributed by atoms with E-state index in [1.807, 2.05) is 34.9 Å². The van der Waals surface area contributed by atoms with E-state index in [0.29, 0.717) is 52.3 Å². The standard InChI is InChI=1S/C27H27N5O6S2/c1-3-30(4-2)40(35,36)24-12-8-9-19(15-24)26-28-29-27(31(26)22-10-6-5-7-11-22)39-17-21-14-23(32(33)34)13-20-16-37-18-38-25(20)21/h5-15H,3-4,16-18H2,1-2H3. The Morgan fingerprint density at radius 2 is 1.82 bits per heavy atom. The number of hydrogen-bond donors (Lipinski definition) is 0. The molecule has 40 heavy (non-hydrogen) atoms. The Bertz CT molecular complexity index is 1640. The van der Waals surface area contributed by atoms with Crippen molar-refractivity contribution in [3.8, 4) is 22.8 Å². The van der Waals surface area contributed by atoms with Crippen molar-refractivity contribution in [2.24, 2.45) is 0 Å². The number of para-hydroxylation sites is 1. The van der Waals surface area contributed by atoms with Crippen LogP contribution in [0.3, 0.4) is 0 Å². The van der Waals surface area contributed by atoms with Gasteiger partial charge in [-0.3, -0.25) is 14.7 Å². The molecule has 3 aromatic carbocycles. The number of nitrogens with zero attached hydrogens (tertiary/aromatic N) is 5. The molecule has 0 saturated carbocycles. The molecule has 0 N–H and O–H groups in total. The van der Waals surface area contributed by atoms with Crippen molar-refractivity contribution < 1.29 is 22.8 Å². The molecule has 0 aliphatic carbocycles. The van der Waals surface area contributed by atoms with Gasteiger partial charge in [0, 0.05) is 53.4 Å². The van der Waals surface area contributed by atoms with Crippen LogP contribution in [-0.2, 0) is 27.1 Å². The first-order valence-electron chi connectivity index (χ1n) is 12.6. The van der Waals surface area contributed by atoms with Crippen molar-refractivity contribution in [3.63, 3.8) is 0 Å². The van der Waals surface area contributed by atoms with E-state index in [0.717, 1.165) is 5.69 Å². The second kappa shape index (κ2) is 11.8. The molecule has 0 fully saturated rings. The fraction of sp³-hybridized carbons (Fsp3) is 0.259. The van der Waals surface area contributed by atoms with E-state index < -0.39 is 14.9 Å². The molecule has 0 unspecified atom stereocenters. The fourth-order valence-electron chi connectivity index (χ4n) is 4.50. The topological polar surface area (TPSA) is 130 Å². The minimum absolute atomic E-state index is 0.0418. The molecule has 11 nitrogen and oxygen atoms in total. The Balaban J connectivity index is 1.55.